The summed E-state index contributed by atoms with van der Waals surface area (Å²) in [5.41, 5.74) is 3.67. The summed E-state index contributed by atoms with van der Waals surface area (Å²) >= 11 is 0. The molecule has 0 saturated heterocycles. The number of benzene rings is 1. The molecule has 0 bridgehead atoms. The fourth-order valence-electron chi connectivity index (χ4n) is 1.57. The van der Waals surface area contributed by atoms with Gasteiger partial charge in [0.05, 0.1) is 0 Å². The molecule has 0 aliphatic rings. The number of halogens is 1. The molecule has 3 heteroatoms. The molecule has 0 spiro atoms. The molecule has 0 aromatic heterocycles. The molecule has 0 saturated carbocycles. The molecule has 92 valence electrons. The first kappa shape index (κ1) is 14.1. The molecule has 0 radical (unpaired) electrons. The van der Waals surface area contributed by atoms with Crippen molar-refractivity contribution in [3.05, 3.63) is 35.2 Å². The van der Waals surface area contributed by atoms with Crippen LogP contribution in [-0.2, 0) is 6.42 Å². The first-order valence-corrected chi connectivity index (χ1v) is 6.20. The standard InChI is InChI=1S/C14H19FNP/c1-5-9(2)11-7-13(15)12(14(17)8-11)6-10(3)16-4/h5,7-8H,6,17H2,1-4H3. The van der Waals surface area contributed by atoms with Crippen LogP contribution in [0.2, 0.25) is 0 Å². The van der Waals surface area contributed by atoms with Crippen LogP contribution >= 0.6 is 9.24 Å². The van der Waals surface area contributed by atoms with Crippen LogP contribution in [0.25, 0.3) is 5.57 Å². The minimum absolute atomic E-state index is 0.156. The first-order chi connectivity index (χ1) is 7.99. The number of hydrogen-bond acceptors (Lipinski definition) is 1. The Bertz CT molecular complexity index is 452. The number of aliphatic imine (C=N–C) groups is 1. The predicted octanol–water partition coefficient (Wildman–Crippen LogP) is 3.38. The SMILES string of the molecule is CC=C(C)c1cc(F)c(CC(C)=NC)c(P)c1. The summed E-state index contributed by atoms with van der Waals surface area (Å²) in [6.45, 7) is 5.85. The molecule has 0 N–H and O–H groups in total. The minimum atomic E-state index is -0.156. The number of allylic oxidation sites excluding steroid dienone is 2. The zero-order valence-electron chi connectivity index (χ0n) is 10.8. The lowest BCUT2D eigenvalue weighted by molar-refractivity contribution is 0.617. The van der Waals surface area contributed by atoms with Gasteiger partial charge in [-0.05, 0) is 49.3 Å². The Hall–Kier alpha value is -1.01. The summed E-state index contributed by atoms with van der Waals surface area (Å²) in [5, 5.41) is 0.907. The second-order valence-electron chi connectivity index (χ2n) is 4.13. The van der Waals surface area contributed by atoms with Crippen LogP contribution in [0.4, 0.5) is 4.39 Å². The van der Waals surface area contributed by atoms with E-state index in [1.54, 1.807) is 13.1 Å². The molecule has 0 aliphatic carbocycles. The largest absolute Gasteiger partial charge is 0.297 e. The molecule has 1 atom stereocenters. The average molecular weight is 251 g/mol. The van der Waals surface area contributed by atoms with Gasteiger partial charge in [0.2, 0.25) is 0 Å². The Morgan fingerprint density at radius 1 is 1.41 bits per heavy atom. The van der Waals surface area contributed by atoms with Crippen molar-refractivity contribution in [2.45, 2.75) is 27.2 Å². The molecule has 17 heavy (non-hydrogen) atoms. The summed E-state index contributed by atoms with van der Waals surface area (Å²) < 4.78 is 14.0. The zero-order chi connectivity index (χ0) is 13.0. The molecular formula is C14H19FNP. The van der Waals surface area contributed by atoms with E-state index in [0.717, 1.165) is 22.2 Å². The maximum Gasteiger partial charge on any atom is 0.128 e. The first-order valence-electron chi connectivity index (χ1n) is 5.63. The van der Waals surface area contributed by atoms with Crippen molar-refractivity contribution in [2.75, 3.05) is 7.05 Å². The van der Waals surface area contributed by atoms with Crippen molar-refractivity contribution in [3.63, 3.8) is 0 Å². The van der Waals surface area contributed by atoms with Gasteiger partial charge < -0.3 is 0 Å². The third-order valence-electron chi connectivity index (χ3n) is 2.93. The van der Waals surface area contributed by atoms with Gasteiger partial charge in [-0.15, -0.1) is 9.24 Å². The summed E-state index contributed by atoms with van der Waals surface area (Å²) in [6, 6.07) is 3.60. The third-order valence-corrected chi connectivity index (χ3v) is 3.45. The van der Waals surface area contributed by atoms with E-state index in [1.165, 1.54) is 0 Å². The lowest BCUT2D eigenvalue weighted by atomic mass is 10.0. The van der Waals surface area contributed by atoms with Crippen molar-refractivity contribution in [1.82, 2.24) is 0 Å². The summed E-state index contributed by atoms with van der Waals surface area (Å²) in [6.07, 6.45) is 2.55. The Morgan fingerprint density at radius 2 is 2.06 bits per heavy atom. The Kier molecular flexibility index (Phi) is 5.02. The van der Waals surface area contributed by atoms with E-state index < -0.39 is 0 Å². The molecule has 1 unspecified atom stereocenters. The van der Waals surface area contributed by atoms with E-state index in [1.807, 2.05) is 32.9 Å². The molecule has 1 rings (SSSR count). The second kappa shape index (κ2) is 6.07. The molecule has 0 heterocycles. The van der Waals surface area contributed by atoms with Gasteiger partial charge >= 0.3 is 0 Å². The van der Waals surface area contributed by atoms with Crippen LogP contribution in [0.5, 0.6) is 0 Å². The number of rotatable bonds is 3. The predicted molar refractivity (Wildman–Crippen MR) is 77.8 cm³/mol. The Labute approximate surface area is 105 Å². The van der Waals surface area contributed by atoms with Gasteiger partial charge in [0.25, 0.3) is 0 Å². The van der Waals surface area contributed by atoms with Crippen molar-refractivity contribution < 1.29 is 4.39 Å². The van der Waals surface area contributed by atoms with Crippen LogP contribution in [0.15, 0.2) is 23.2 Å². The van der Waals surface area contributed by atoms with Gasteiger partial charge in [0.1, 0.15) is 5.82 Å². The minimum Gasteiger partial charge on any atom is -0.297 e. The van der Waals surface area contributed by atoms with Gasteiger partial charge in [-0.1, -0.05) is 6.08 Å². The number of hydrogen-bond donors (Lipinski definition) is 0. The van der Waals surface area contributed by atoms with Crippen LogP contribution in [-0.4, -0.2) is 12.8 Å². The van der Waals surface area contributed by atoms with E-state index in [9.17, 15) is 4.39 Å². The lowest BCUT2D eigenvalue weighted by Crippen LogP contribution is -2.11. The van der Waals surface area contributed by atoms with Crippen molar-refractivity contribution in [1.29, 1.82) is 0 Å². The van der Waals surface area contributed by atoms with Crippen molar-refractivity contribution in [3.8, 4) is 0 Å². The van der Waals surface area contributed by atoms with Gasteiger partial charge in [0, 0.05) is 24.7 Å². The molecule has 0 aliphatic heterocycles. The quantitative estimate of drug-likeness (QED) is 0.577. The van der Waals surface area contributed by atoms with E-state index in [-0.39, 0.29) is 5.82 Å². The topological polar surface area (TPSA) is 12.4 Å². The molecule has 1 aromatic carbocycles. The average Bonchev–Trinajstić information content (AvgIpc) is 2.32. The zero-order valence-corrected chi connectivity index (χ0v) is 12.0. The highest BCUT2D eigenvalue weighted by Crippen LogP contribution is 2.18. The summed E-state index contributed by atoms with van der Waals surface area (Å²) in [7, 11) is 4.34. The smallest absolute Gasteiger partial charge is 0.128 e. The van der Waals surface area contributed by atoms with Crippen molar-refractivity contribution in [2.24, 2.45) is 4.99 Å². The summed E-state index contributed by atoms with van der Waals surface area (Å²) in [5.74, 6) is -0.156. The van der Waals surface area contributed by atoms with E-state index in [0.29, 0.717) is 12.0 Å². The lowest BCUT2D eigenvalue weighted by Gasteiger charge is -2.10. The molecular weight excluding hydrogens is 232 g/mol. The Morgan fingerprint density at radius 3 is 2.53 bits per heavy atom. The fourth-order valence-corrected chi connectivity index (χ4v) is 1.99. The van der Waals surface area contributed by atoms with E-state index in [2.05, 4.69) is 14.2 Å². The van der Waals surface area contributed by atoms with Gasteiger partial charge in [0.15, 0.2) is 0 Å². The monoisotopic (exact) mass is 251 g/mol. The summed E-state index contributed by atoms with van der Waals surface area (Å²) in [4.78, 5) is 4.07. The molecule has 1 nitrogen and oxygen atoms in total. The number of nitrogens with zero attached hydrogens (tertiary/aromatic N) is 1. The highest BCUT2D eigenvalue weighted by molar-refractivity contribution is 7.27. The van der Waals surface area contributed by atoms with Gasteiger partial charge in [-0.25, -0.2) is 4.39 Å². The highest BCUT2D eigenvalue weighted by Gasteiger charge is 2.10. The molecule has 0 amide bonds. The van der Waals surface area contributed by atoms with E-state index >= 15 is 0 Å². The van der Waals surface area contributed by atoms with Gasteiger partial charge in [-0.2, -0.15) is 0 Å². The second-order valence-corrected chi connectivity index (χ2v) is 4.76. The maximum atomic E-state index is 14.0. The van der Waals surface area contributed by atoms with Gasteiger partial charge in [-0.3, -0.25) is 4.99 Å². The third kappa shape index (κ3) is 3.47. The van der Waals surface area contributed by atoms with Crippen LogP contribution in [0, 0.1) is 5.82 Å². The van der Waals surface area contributed by atoms with E-state index in [4.69, 9.17) is 0 Å². The van der Waals surface area contributed by atoms with Crippen LogP contribution in [0.1, 0.15) is 31.9 Å². The normalized spacial score (nSPS) is 13.1. The van der Waals surface area contributed by atoms with Crippen LogP contribution in [0.3, 0.4) is 0 Å². The van der Waals surface area contributed by atoms with Crippen molar-refractivity contribution >= 4 is 25.8 Å². The fraction of sp³-hybridized carbons (Fsp3) is 0.357. The molecule has 1 aromatic rings. The highest BCUT2D eigenvalue weighted by atomic mass is 31.0. The maximum absolute atomic E-state index is 14.0. The Balaban J connectivity index is 3.20. The van der Waals surface area contributed by atoms with Crippen LogP contribution < -0.4 is 5.30 Å². The molecule has 0 fully saturated rings.